The van der Waals surface area contributed by atoms with Gasteiger partial charge in [0.25, 0.3) is 5.56 Å². The van der Waals surface area contributed by atoms with Crippen LogP contribution in [-0.2, 0) is 13.1 Å². The molecule has 2 unspecified atom stereocenters. The quantitative estimate of drug-likeness (QED) is 0.391. The van der Waals surface area contributed by atoms with Crippen LogP contribution in [0.1, 0.15) is 36.8 Å². The van der Waals surface area contributed by atoms with Gasteiger partial charge in [-0.1, -0.05) is 43.2 Å². The second-order valence-corrected chi connectivity index (χ2v) is 8.09. The summed E-state index contributed by atoms with van der Waals surface area (Å²) in [6, 6.07) is 13.7. The number of halogens is 1. The Morgan fingerprint density at radius 3 is 2.31 bits per heavy atom. The maximum Gasteiger partial charge on any atom is 0.250 e. The van der Waals surface area contributed by atoms with Crippen molar-refractivity contribution in [2.24, 2.45) is 16.8 Å². The Morgan fingerprint density at radius 2 is 1.69 bits per heavy atom. The molecule has 2 atom stereocenters. The lowest BCUT2D eigenvalue weighted by Gasteiger charge is -2.22. The number of benzene rings is 1. The number of nitrogens with zero attached hydrogens (tertiary/aromatic N) is 3. The molecule has 1 aliphatic heterocycles. The lowest BCUT2D eigenvalue weighted by molar-refractivity contribution is 0.299. The van der Waals surface area contributed by atoms with Crippen molar-refractivity contribution in [2.45, 2.75) is 38.8 Å². The number of likely N-dealkylation sites (tertiary alicyclic amines) is 1. The summed E-state index contributed by atoms with van der Waals surface area (Å²) in [6.45, 7) is 3.67. The molecule has 5 nitrogen and oxygen atoms in total. The zero-order valence-corrected chi connectivity index (χ0v) is 19.4. The number of aliphatic imine (C=N–C) groups is 1. The molecule has 1 aliphatic carbocycles. The molecule has 2 heterocycles. The highest BCUT2D eigenvalue weighted by atomic mass is 127. The summed E-state index contributed by atoms with van der Waals surface area (Å²) in [5, 5.41) is 3.54. The van der Waals surface area contributed by atoms with Crippen LogP contribution in [0.2, 0.25) is 0 Å². The first-order valence-electron chi connectivity index (χ1n) is 10.4. The molecule has 6 heteroatoms. The Kier molecular flexibility index (Phi) is 7.75. The number of fused-ring (bicyclic) bond motifs is 1. The van der Waals surface area contributed by atoms with Crippen molar-refractivity contribution in [1.82, 2.24) is 14.8 Å². The standard InChI is InChI=1S/C23H30N4O.HI/c1-24-23(27-16-20-6-2-3-7-21(20)17-27)25-14-18-9-11-19(12-10-18)15-26-13-5-4-8-22(26)28;/h4-5,8-13,20-21H,2-3,6-7,14-17H2,1H3,(H,24,25);1H. The Hall–Kier alpha value is -1.83. The third-order valence-electron chi connectivity index (χ3n) is 6.21. The van der Waals surface area contributed by atoms with Gasteiger partial charge in [-0.2, -0.15) is 0 Å². The molecular weight excluding hydrogens is 475 g/mol. The number of hydrogen-bond donors (Lipinski definition) is 1. The Balaban J connectivity index is 0.00000240. The van der Waals surface area contributed by atoms with Crippen LogP contribution in [0.5, 0.6) is 0 Å². The van der Waals surface area contributed by atoms with Gasteiger partial charge in [-0.3, -0.25) is 9.79 Å². The fourth-order valence-corrected chi connectivity index (χ4v) is 4.64. The first-order valence-corrected chi connectivity index (χ1v) is 10.4. The predicted octanol–water partition coefficient (Wildman–Crippen LogP) is 3.71. The van der Waals surface area contributed by atoms with E-state index in [1.807, 2.05) is 19.3 Å². The van der Waals surface area contributed by atoms with Gasteiger partial charge >= 0.3 is 0 Å². The summed E-state index contributed by atoms with van der Waals surface area (Å²) >= 11 is 0. The molecule has 4 rings (SSSR count). The van der Waals surface area contributed by atoms with Gasteiger partial charge in [0.2, 0.25) is 0 Å². The van der Waals surface area contributed by atoms with Gasteiger partial charge in [0, 0.05) is 38.9 Å². The van der Waals surface area contributed by atoms with E-state index in [1.165, 1.54) is 31.2 Å². The fraction of sp³-hybridized carbons (Fsp3) is 0.478. The van der Waals surface area contributed by atoms with Crippen LogP contribution in [-0.4, -0.2) is 35.6 Å². The molecule has 0 amide bonds. The van der Waals surface area contributed by atoms with Crippen molar-refractivity contribution >= 4 is 29.9 Å². The summed E-state index contributed by atoms with van der Waals surface area (Å²) in [5.74, 6) is 2.73. The van der Waals surface area contributed by atoms with E-state index in [0.717, 1.165) is 43.0 Å². The van der Waals surface area contributed by atoms with E-state index in [0.29, 0.717) is 6.54 Å². The van der Waals surface area contributed by atoms with Gasteiger partial charge < -0.3 is 14.8 Å². The summed E-state index contributed by atoms with van der Waals surface area (Å²) in [7, 11) is 1.88. The van der Waals surface area contributed by atoms with Crippen molar-refractivity contribution < 1.29 is 0 Å². The van der Waals surface area contributed by atoms with Crippen LogP contribution in [0.4, 0.5) is 0 Å². The van der Waals surface area contributed by atoms with Gasteiger partial charge in [0.15, 0.2) is 5.96 Å². The zero-order chi connectivity index (χ0) is 19.3. The molecule has 1 saturated heterocycles. The van der Waals surface area contributed by atoms with E-state index in [1.54, 1.807) is 16.7 Å². The number of hydrogen-bond acceptors (Lipinski definition) is 2. The van der Waals surface area contributed by atoms with E-state index in [-0.39, 0.29) is 29.5 Å². The molecule has 1 aromatic heterocycles. The highest BCUT2D eigenvalue weighted by molar-refractivity contribution is 14.0. The molecule has 1 N–H and O–H groups in total. The van der Waals surface area contributed by atoms with E-state index in [2.05, 4.69) is 39.5 Å². The molecule has 0 bridgehead atoms. The minimum Gasteiger partial charge on any atom is -0.352 e. The number of aromatic nitrogens is 1. The van der Waals surface area contributed by atoms with Crippen LogP contribution >= 0.6 is 24.0 Å². The van der Waals surface area contributed by atoms with Crippen molar-refractivity contribution in [1.29, 1.82) is 0 Å². The second kappa shape index (κ2) is 10.3. The lowest BCUT2D eigenvalue weighted by atomic mass is 9.82. The average molecular weight is 506 g/mol. The Bertz CT molecular complexity index is 863. The van der Waals surface area contributed by atoms with Crippen LogP contribution in [0, 0.1) is 11.8 Å². The number of rotatable bonds is 4. The lowest BCUT2D eigenvalue weighted by Crippen LogP contribution is -2.39. The van der Waals surface area contributed by atoms with Crippen LogP contribution in [0.15, 0.2) is 58.4 Å². The van der Waals surface area contributed by atoms with Crippen LogP contribution in [0.3, 0.4) is 0 Å². The summed E-state index contributed by atoms with van der Waals surface area (Å²) < 4.78 is 1.72. The smallest absolute Gasteiger partial charge is 0.250 e. The minimum atomic E-state index is 0. The number of guanidine groups is 1. The van der Waals surface area contributed by atoms with Crippen LogP contribution < -0.4 is 10.9 Å². The molecule has 0 spiro atoms. The molecule has 2 aromatic rings. The first kappa shape index (κ1) is 21.9. The van der Waals surface area contributed by atoms with E-state index < -0.39 is 0 Å². The third kappa shape index (κ3) is 5.41. The molecule has 1 saturated carbocycles. The average Bonchev–Trinajstić information content (AvgIpc) is 3.15. The highest BCUT2D eigenvalue weighted by Crippen LogP contribution is 2.35. The summed E-state index contributed by atoms with van der Waals surface area (Å²) in [4.78, 5) is 18.8. The van der Waals surface area contributed by atoms with E-state index in [4.69, 9.17) is 0 Å². The maximum absolute atomic E-state index is 11.9. The molecule has 2 fully saturated rings. The molecular formula is C23H31IN4O. The SMILES string of the molecule is CN=C(NCc1ccc(Cn2ccccc2=O)cc1)N1CC2CCCCC2C1.I. The monoisotopic (exact) mass is 506 g/mol. The topological polar surface area (TPSA) is 49.6 Å². The number of nitrogens with one attached hydrogen (secondary N) is 1. The predicted molar refractivity (Wildman–Crippen MR) is 129 cm³/mol. The molecule has 2 aliphatic rings. The summed E-state index contributed by atoms with van der Waals surface area (Å²) in [6.07, 6.45) is 7.37. The first-order chi connectivity index (χ1) is 13.7. The number of pyridine rings is 1. The van der Waals surface area contributed by atoms with Gasteiger partial charge in [-0.25, -0.2) is 0 Å². The molecule has 1 aromatic carbocycles. The largest absolute Gasteiger partial charge is 0.352 e. The summed E-state index contributed by atoms with van der Waals surface area (Å²) in [5.41, 5.74) is 2.38. The zero-order valence-electron chi connectivity index (χ0n) is 17.1. The molecule has 29 heavy (non-hydrogen) atoms. The fourth-order valence-electron chi connectivity index (χ4n) is 4.64. The van der Waals surface area contributed by atoms with E-state index in [9.17, 15) is 4.79 Å². The van der Waals surface area contributed by atoms with Gasteiger partial charge in [-0.15, -0.1) is 24.0 Å². The van der Waals surface area contributed by atoms with Gasteiger partial charge in [-0.05, 0) is 41.9 Å². The van der Waals surface area contributed by atoms with Crippen LogP contribution in [0.25, 0.3) is 0 Å². The highest BCUT2D eigenvalue weighted by Gasteiger charge is 2.35. The molecule has 156 valence electrons. The third-order valence-corrected chi connectivity index (χ3v) is 6.21. The Morgan fingerprint density at radius 1 is 1.03 bits per heavy atom. The second-order valence-electron chi connectivity index (χ2n) is 8.09. The molecule has 0 radical (unpaired) electrons. The van der Waals surface area contributed by atoms with Gasteiger partial charge in [0.05, 0.1) is 6.54 Å². The minimum absolute atomic E-state index is 0. The normalized spacial score (nSPS) is 21.4. The van der Waals surface area contributed by atoms with Crippen molar-refractivity contribution in [3.63, 3.8) is 0 Å². The maximum atomic E-state index is 11.9. The van der Waals surface area contributed by atoms with Crippen molar-refractivity contribution in [3.05, 3.63) is 70.1 Å². The Labute approximate surface area is 190 Å². The van der Waals surface area contributed by atoms with Crippen molar-refractivity contribution in [2.75, 3.05) is 20.1 Å². The van der Waals surface area contributed by atoms with E-state index >= 15 is 0 Å². The van der Waals surface area contributed by atoms with Gasteiger partial charge in [0.1, 0.15) is 0 Å². The van der Waals surface area contributed by atoms with Crippen molar-refractivity contribution in [3.8, 4) is 0 Å².